The van der Waals surface area contributed by atoms with E-state index in [1.165, 1.54) is 12.3 Å². The van der Waals surface area contributed by atoms with Crippen LogP contribution in [0.5, 0.6) is 11.5 Å². The molecular weight excluding hydrogens is 311 g/mol. The molecule has 6 heteroatoms. The number of benzene rings is 1. The summed E-state index contributed by atoms with van der Waals surface area (Å²) in [5, 5.41) is 12.3. The van der Waals surface area contributed by atoms with Crippen LogP contribution in [-0.4, -0.2) is 30.4 Å². The summed E-state index contributed by atoms with van der Waals surface area (Å²) >= 11 is 0. The Hall–Kier alpha value is -2.18. The van der Waals surface area contributed by atoms with Gasteiger partial charge < -0.3 is 19.9 Å². The number of pyridine rings is 1. The van der Waals surface area contributed by atoms with Crippen LogP contribution in [-0.2, 0) is 0 Å². The molecule has 5 nitrogen and oxygen atoms in total. The van der Waals surface area contributed by atoms with Crippen LogP contribution in [0.25, 0.3) is 0 Å². The highest BCUT2D eigenvalue weighted by atomic mass is 19.1. The summed E-state index contributed by atoms with van der Waals surface area (Å²) in [5.74, 6) is 0.848. The molecule has 1 aromatic carbocycles. The van der Waals surface area contributed by atoms with Crippen molar-refractivity contribution in [2.75, 3.05) is 20.3 Å². The van der Waals surface area contributed by atoms with E-state index >= 15 is 0 Å². The quantitative estimate of drug-likeness (QED) is 0.777. The second-order valence-corrected chi connectivity index (χ2v) is 5.53. The van der Waals surface area contributed by atoms with Crippen LogP contribution in [0.1, 0.15) is 37.1 Å². The fraction of sp³-hybridized carbons (Fsp3) is 0.389. The molecule has 2 aromatic rings. The Bertz CT molecular complexity index is 666. The highest BCUT2D eigenvalue weighted by Gasteiger charge is 2.14. The molecule has 0 fully saturated rings. The van der Waals surface area contributed by atoms with Crippen LogP contribution in [0.4, 0.5) is 4.39 Å². The first-order valence-corrected chi connectivity index (χ1v) is 7.83. The van der Waals surface area contributed by atoms with Crippen molar-refractivity contribution in [3.05, 3.63) is 53.6 Å². The van der Waals surface area contributed by atoms with Crippen molar-refractivity contribution in [3.63, 3.8) is 0 Å². The van der Waals surface area contributed by atoms with Gasteiger partial charge >= 0.3 is 0 Å². The van der Waals surface area contributed by atoms with E-state index in [4.69, 9.17) is 14.6 Å². The molecule has 24 heavy (non-hydrogen) atoms. The third kappa shape index (κ3) is 4.66. The van der Waals surface area contributed by atoms with Gasteiger partial charge in [-0.15, -0.1) is 0 Å². The maximum atomic E-state index is 13.3. The van der Waals surface area contributed by atoms with Gasteiger partial charge in [-0.25, -0.2) is 4.39 Å². The lowest BCUT2D eigenvalue weighted by Crippen LogP contribution is -2.22. The molecule has 0 radical (unpaired) electrons. The van der Waals surface area contributed by atoms with E-state index in [0.717, 1.165) is 11.1 Å². The number of methoxy groups -OCH3 is 1. The zero-order valence-electron chi connectivity index (χ0n) is 14.1. The van der Waals surface area contributed by atoms with Crippen molar-refractivity contribution in [1.82, 2.24) is 10.3 Å². The molecule has 0 saturated heterocycles. The molecule has 0 amide bonds. The van der Waals surface area contributed by atoms with Gasteiger partial charge in [0.15, 0.2) is 11.5 Å². The highest BCUT2D eigenvalue weighted by Crippen LogP contribution is 2.31. The maximum absolute atomic E-state index is 13.3. The second kappa shape index (κ2) is 8.61. The van der Waals surface area contributed by atoms with E-state index in [1.54, 1.807) is 13.3 Å². The average Bonchev–Trinajstić information content (AvgIpc) is 2.59. The van der Waals surface area contributed by atoms with Gasteiger partial charge in [-0.05, 0) is 43.2 Å². The van der Waals surface area contributed by atoms with E-state index in [9.17, 15) is 4.39 Å². The molecule has 2 N–H and O–H groups in total. The van der Waals surface area contributed by atoms with Crippen LogP contribution in [0.15, 0.2) is 36.7 Å². The molecule has 2 rings (SSSR count). The van der Waals surface area contributed by atoms with Crippen molar-refractivity contribution in [1.29, 1.82) is 0 Å². The van der Waals surface area contributed by atoms with E-state index in [-0.39, 0.29) is 31.1 Å². The molecule has 0 spiro atoms. The Morgan fingerprint density at radius 2 is 1.88 bits per heavy atom. The summed E-state index contributed by atoms with van der Waals surface area (Å²) in [6.45, 7) is 4.14. The van der Waals surface area contributed by atoms with Gasteiger partial charge in [-0.3, -0.25) is 4.98 Å². The smallest absolute Gasteiger partial charge is 0.161 e. The first-order valence-electron chi connectivity index (χ1n) is 7.83. The molecule has 1 heterocycles. The number of rotatable bonds is 8. The number of aliphatic hydroxyl groups is 1. The van der Waals surface area contributed by atoms with Crippen molar-refractivity contribution >= 4 is 0 Å². The maximum Gasteiger partial charge on any atom is 0.161 e. The Morgan fingerprint density at radius 1 is 1.12 bits per heavy atom. The van der Waals surface area contributed by atoms with Gasteiger partial charge in [-0.2, -0.15) is 0 Å². The third-order valence-corrected chi connectivity index (χ3v) is 3.76. The monoisotopic (exact) mass is 334 g/mol. The standard InChI is InChI=1S/C18H23FN2O3/c1-12(21-13(2)15-8-16(19)11-20-10-15)14-4-5-17(24-7-6-22)18(9-14)23-3/h4-5,8-13,21-22H,6-7H2,1-3H3. The predicted octanol–water partition coefficient (Wildman–Crippen LogP) is 3.01. The second-order valence-electron chi connectivity index (χ2n) is 5.53. The van der Waals surface area contributed by atoms with Gasteiger partial charge in [0.2, 0.25) is 0 Å². The molecule has 0 aliphatic heterocycles. The molecule has 0 aliphatic rings. The number of nitrogens with one attached hydrogen (secondary N) is 1. The minimum Gasteiger partial charge on any atom is -0.493 e. The highest BCUT2D eigenvalue weighted by molar-refractivity contribution is 5.43. The van der Waals surface area contributed by atoms with Crippen LogP contribution in [0.2, 0.25) is 0 Å². The Kier molecular flexibility index (Phi) is 6.52. The van der Waals surface area contributed by atoms with Gasteiger partial charge in [0.1, 0.15) is 12.4 Å². The zero-order chi connectivity index (χ0) is 17.5. The summed E-state index contributed by atoms with van der Waals surface area (Å²) in [6, 6.07) is 7.08. The number of aromatic nitrogens is 1. The summed E-state index contributed by atoms with van der Waals surface area (Å²) in [4.78, 5) is 3.88. The van der Waals surface area contributed by atoms with E-state index in [1.807, 2.05) is 32.0 Å². The number of hydrogen-bond acceptors (Lipinski definition) is 5. The minimum atomic E-state index is -0.346. The number of hydrogen-bond donors (Lipinski definition) is 2. The number of aliphatic hydroxyl groups excluding tert-OH is 1. The molecule has 0 saturated carbocycles. The fourth-order valence-electron chi connectivity index (χ4n) is 2.46. The summed E-state index contributed by atoms with van der Waals surface area (Å²) in [5.41, 5.74) is 1.80. The van der Waals surface area contributed by atoms with E-state index in [0.29, 0.717) is 11.5 Å². The van der Waals surface area contributed by atoms with Crippen LogP contribution >= 0.6 is 0 Å². The van der Waals surface area contributed by atoms with Crippen molar-refractivity contribution in [2.45, 2.75) is 25.9 Å². The molecule has 1 aromatic heterocycles. The molecule has 2 atom stereocenters. The topological polar surface area (TPSA) is 63.6 Å². The minimum absolute atomic E-state index is 0.0176. The lowest BCUT2D eigenvalue weighted by molar-refractivity contribution is 0.196. The number of ether oxygens (including phenoxy) is 2. The van der Waals surface area contributed by atoms with E-state index in [2.05, 4.69) is 10.3 Å². The fourth-order valence-corrected chi connectivity index (χ4v) is 2.46. The molecule has 0 bridgehead atoms. The average molecular weight is 334 g/mol. The first-order chi connectivity index (χ1) is 11.5. The molecule has 2 unspecified atom stereocenters. The normalized spacial score (nSPS) is 13.4. The Morgan fingerprint density at radius 3 is 2.54 bits per heavy atom. The van der Waals surface area contributed by atoms with Gasteiger partial charge in [0.25, 0.3) is 0 Å². The van der Waals surface area contributed by atoms with Crippen molar-refractivity contribution in [3.8, 4) is 11.5 Å². The number of nitrogens with zero attached hydrogens (tertiary/aromatic N) is 1. The summed E-state index contributed by atoms with van der Waals surface area (Å²) in [7, 11) is 1.57. The van der Waals surface area contributed by atoms with Crippen molar-refractivity contribution < 1.29 is 19.0 Å². The largest absolute Gasteiger partial charge is 0.493 e. The third-order valence-electron chi connectivity index (χ3n) is 3.76. The Labute approximate surface area is 141 Å². The Balaban J connectivity index is 2.10. The molecular formula is C18H23FN2O3. The lowest BCUT2D eigenvalue weighted by atomic mass is 10.0. The first kappa shape index (κ1) is 18.2. The van der Waals surface area contributed by atoms with E-state index < -0.39 is 0 Å². The van der Waals surface area contributed by atoms with Gasteiger partial charge in [0.05, 0.1) is 19.9 Å². The predicted molar refractivity (Wildman–Crippen MR) is 89.7 cm³/mol. The van der Waals surface area contributed by atoms with Crippen LogP contribution in [0, 0.1) is 5.82 Å². The van der Waals surface area contributed by atoms with Crippen LogP contribution < -0.4 is 14.8 Å². The van der Waals surface area contributed by atoms with Gasteiger partial charge in [-0.1, -0.05) is 6.07 Å². The molecule has 130 valence electrons. The lowest BCUT2D eigenvalue weighted by Gasteiger charge is -2.21. The summed E-state index contributed by atoms with van der Waals surface area (Å²) in [6.07, 6.45) is 2.84. The number of halogens is 1. The SMILES string of the molecule is COc1cc(C(C)NC(C)c2cncc(F)c2)ccc1OCCO. The zero-order valence-corrected chi connectivity index (χ0v) is 14.1. The molecule has 0 aliphatic carbocycles. The van der Waals surface area contributed by atoms with Gasteiger partial charge in [0, 0.05) is 18.3 Å². The summed E-state index contributed by atoms with van der Waals surface area (Å²) < 4.78 is 24.1. The van der Waals surface area contributed by atoms with Crippen molar-refractivity contribution in [2.24, 2.45) is 0 Å². The van der Waals surface area contributed by atoms with Crippen LogP contribution in [0.3, 0.4) is 0 Å².